The molecule has 0 saturated heterocycles. The highest BCUT2D eigenvalue weighted by atomic mass is 15.1. The van der Waals surface area contributed by atoms with E-state index in [2.05, 4.69) is 27.9 Å². The lowest BCUT2D eigenvalue weighted by molar-refractivity contribution is 0.531. The fourth-order valence-corrected chi connectivity index (χ4v) is 2.30. The minimum atomic E-state index is 0.335. The molecular weight excluding hydrogens is 198 g/mol. The van der Waals surface area contributed by atoms with Crippen LogP contribution in [0.5, 0.6) is 0 Å². The van der Waals surface area contributed by atoms with Crippen molar-refractivity contribution in [3.05, 3.63) is 29.9 Å². The molecule has 0 spiro atoms. The summed E-state index contributed by atoms with van der Waals surface area (Å²) in [4.78, 5) is 4.35. The quantitative estimate of drug-likeness (QED) is 0.771. The number of nitrogens with one attached hydrogen (secondary N) is 1. The lowest BCUT2D eigenvalue weighted by Gasteiger charge is -2.13. The molecule has 2 rings (SSSR count). The Bertz CT molecular complexity index is 365. The molecule has 1 aliphatic carbocycles. The zero-order valence-electron chi connectivity index (χ0n) is 10.2. The average molecular weight is 219 g/mol. The van der Waals surface area contributed by atoms with E-state index in [0.717, 1.165) is 12.4 Å². The molecule has 1 aromatic rings. The fourth-order valence-electron chi connectivity index (χ4n) is 2.30. The Hall–Kier alpha value is -1.09. The number of hydrogen-bond donors (Lipinski definition) is 1. The Balaban J connectivity index is 1.75. The first-order valence-corrected chi connectivity index (χ1v) is 6.16. The number of allylic oxidation sites excluding steroid dienone is 1. The second-order valence-electron chi connectivity index (χ2n) is 4.58. The van der Waals surface area contributed by atoms with Crippen molar-refractivity contribution in [1.29, 1.82) is 0 Å². The molecule has 0 fully saturated rings. The summed E-state index contributed by atoms with van der Waals surface area (Å²) in [6.07, 6.45) is 11.4. The predicted molar refractivity (Wildman–Crippen MR) is 66.2 cm³/mol. The minimum absolute atomic E-state index is 0.335. The first-order valence-electron chi connectivity index (χ1n) is 6.16. The molecule has 0 bridgehead atoms. The van der Waals surface area contributed by atoms with Crippen LogP contribution in [0.3, 0.4) is 0 Å². The Morgan fingerprint density at radius 3 is 3.06 bits per heavy atom. The molecule has 3 heteroatoms. The number of imidazole rings is 1. The summed E-state index contributed by atoms with van der Waals surface area (Å²) in [5, 5.41) is 3.53. The van der Waals surface area contributed by atoms with E-state index in [9.17, 15) is 0 Å². The minimum Gasteiger partial charge on any atom is -0.337 e. The molecule has 0 aromatic carbocycles. The number of rotatable bonds is 5. The largest absolute Gasteiger partial charge is 0.337 e. The summed E-state index contributed by atoms with van der Waals surface area (Å²) in [6, 6.07) is 0.335. The van der Waals surface area contributed by atoms with Crippen LogP contribution in [0.4, 0.5) is 0 Å². The molecule has 0 radical (unpaired) electrons. The Kier molecular flexibility index (Phi) is 3.78. The maximum absolute atomic E-state index is 4.35. The smallest absolute Gasteiger partial charge is 0.125 e. The topological polar surface area (TPSA) is 29.9 Å². The highest BCUT2D eigenvalue weighted by Crippen LogP contribution is 2.20. The molecule has 0 amide bonds. The second kappa shape index (κ2) is 5.30. The first kappa shape index (κ1) is 11.4. The number of aryl methyl sites for hydroxylation is 1. The number of aromatic nitrogens is 2. The van der Waals surface area contributed by atoms with Gasteiger partial charge in [-0.2, -0.15) is 0 Å². The molecule has 1 aromatic heterocycles. The molecule has 1 atom stereocenters. The molecule has 88 valence electrons. The SMILES string of the molecule is CC(NCCC1=CCCC1)c1nccn1C. The van der Waals surface area contributed by atoms with Crippen LogP contribution < -0.4 is 5.32 Å². The van der Waals surface area contributed by atoms with Crippen molar-refractivity contribution in [2.45, 2.75) is 38.6 Å². The summed E-state index contributed by atoms with van der Waals surface area (Å²) in [7, 11) is 2.04. The second-order valence-corrected chi connectivity index (χ2v) is 4.58. The van der Waals surface area contributed by atoms with Gasteiger partial charge in [0.05, 0.1) is 6.04 Å². The summed E-state index contributed by atoms with van der Waals surface area (Å²) < 4.78 is 2.08. The van der Waals surface area contributed by atoms with Gasteiger partial charge < -0.3 is 9.88 Å². The van der Waals surface area contributed by atoms with Gasteiger partial charge in [0.15, 0.2) is 0 Å². The van der Waals surface area contributed by atoms with Crippen LogP contribution in [0.15, 0.2) is 24.0 Å². The van der Waals surface area contributed by atoms with E-state index < -0.39 is 0 Å². The summed E-state index contributed by atoms with van der Waals surface area (Å²) in [6.45, 7) is 3.23. The van der Waals surface area contributed by atoms with Crippen LogP contribution in [-0.4, -0.2) is 16.1 Å². The van der Waals surface area contributed by atoms with Crippen molar-refractivity contribution in [3.8, 4) is 0 Å². The molecule has 16 heavy (non-hydrogen) atoms. The molecule has 1 N–H and O–H groups in total. The third-order valence-electron chi connectivity index (χ3n) is 3.28. The highest BCUT2D eigenvalue weighted by Gasteiger charge is 2.10. The standard InChI is InChI=1S/C13H21N3/c1-11(13-15-9-10-16(13)2)14-8-7-12-5-3-4-6-12/h5,9-11,14H,3-4,6-8H2,1-2H3. The van der Waals surface area contributed by atoms with Crippen molar-refractivity contribution in [1.82, 2.24) is 14.9 Å². The summed E-state index contributed by atoms with van der Waals surface area (Å²) in [5.74, 6) is 1.11. The highest BCUT2D eigenvalue weighted by molar-refractivity contribution is 5.07. The Morgan fingerprint density at radius 2 is 2.44 bits per heavy atom. The molecule has 1 heterocycles. The van der Waals surface area contributed by atoms with E-state index in [-0.39, 0.29) is 0 Å². The zero-order valence-corrected chi connectivity index (χ0v) is 10.2. The van der Waals surface area contributed by atoms with Gasteiger partial charge >= 0.3 is 0 Å². The van der Waals surface area contributed by atoms with E-state index in [1.165, 1.54) is 25.7 Å². The van der Waals surface area contributed by atoms with E-state index in [4.69, 9.17) is 0 Å². The van der Waals surface area contributed by atoms with Gasteiger partial charge in [-0.15, -0.1) is 0 Å². The molecule has 0 saturated carbocycles. The van der Waals surface area contributed by atoms with Crippen LogP contribution in [0.1, 0.15) is 44.5 Å². The van der Waals surface area contributed by atoms with Gasteiger partial charge in [0.1, 0.15) is 5.82 Å². The zero-order chi connectivity index (χ0) is 11.4. The van der Waals surface area contributed by atoms with Gasteiger partial charge in [0, 0.05) is 19.4 Å². The molecule has 1 aliphatic rings. The molecule has 0 aliphatic heterocycles. The lowest BCUT2D eigenvalue weighted by Crippen LogP contribution is -2.22. The third kappa shape index (κ3) is 2.73. The van der Waals surface area contributed by atoms with Gasteiger partial charge in [-0.25, -0.2) is 4.98 Å². The summed E-state index contributed by atoms with van der Waals surface area (Å²) >= 11 is 0. The molecular formula is C13H21N3. The van der Waals surface area contributed by atoms with Crippen LogP contribution in [0.25, 0.3) is 0 Å². The van der Waals surface area contributed by atoms with Crippen molar-refractivity contribution in [3.63, 3.8) is 0 Å². The van der Waals surface area contributed by atoms with E-state index >= 15 is 0 Å². The van der Waals surface area contributed by atoms with Gasteiger partial charge in [-0.3, -0.25) is 0 Å². The predicted octanol–water partition coefficient (Wildman–Crippen LogP) is 2.57. The van der Waals surface area contributed by atoms with E-state index in [0.29, 0.717) is 6.04 Å². The third-order valence-corrected chi connectivity index (χ3v) is 3.28. The van der Waals surface area contributed by atoms with E-state index in [1.807, 2.05) is 19.4 Å². The molecule has 3 nitrogen and oxygen atoms in total. The fraction of sp³-hybridized carbons (Fsp3) is 0.615. The van der Waals surface area contributed by atoms with Crippen molar-refractivity contribution >= 4 is 0 Å². The normalized spacial score (nSPS) is 17.5. The van der Waals surface area contributed by atoms with Crippen molar-refractivity contribution in [2.24, 2.45) is 7.05 Å². The van der Waals surface area contributed by atoms with E-state index in [1.54, 1.807) is 5.57 Å². The monoisotopic (exact) mass is 219 g/mol. The van der Waals surface area contributed by atoms with Crippen LogP contribution in [-0.2, 0) is 7.05 Å². The maximum atomic E-state index is 4.35. The average Bonchev–Trinajstić information content (AvgIpc) is 2.88. The Labute approximate surface area is 97.6 Å². The lowest BCUT2D eigenvalue weighted by atomic mass is 10.1. The first-order chi connectivity index (χ1) is 7.77. The Morgan fingerprint density at radius 1 is 1.56 bits per heavy atom. The summed E-state index contributed by atoms with van der Waals surface area (Å²) in [5.41, 5.74) is 1.62. The van der Waals surface area contributed by atoms with Gasteiger partial charge in [0.2, 0.25) is 0 Å². The number of nitrogens with zero attached hydrogens (tertiary/aromatic N) is 2. The van der Waals surface area contributed by atoms with Crippen molar-refractivity contribution < 1.29 is 0 Å². The maximum Gasteiger partial charge on any atom is 0.125 e. The van der Waals surface area contributed by atoms with Crippen LogP contribution in [0, 0.1) is 0 Å². The van der Waals surface area contributed by atoms with Crippen molar-refractivity contribution in [2.75, 3.05) is 6.54 Å². The van der Waals surface area contributed by atoms with Gasteiger partial charge in [0.25, 0.3) is 0 Å². The number of hydrogen-bond acceptors (Lipinski definition) is 2. The van der Waals surface area contributed by atoms with Crippen LogP contribution >= 0.6 is 0 Å². The van der Waals surface area contributed by atoms with Gasteiger partial charge in [-0.1, -0.05) is 11.6 Å². The van der Waals surface area contributed by atoms with Gasteiger partial charge in [-0.05, 0) is 39.2 Å². The molecule has 1 unspecified atom stereocenters. The van der Waals surface area contributed by atoms with Crippen LogP contribution in [0.2, 0.25) is 0 Å².